The molecule has 0 atom stereocenters. The molecule has 0 fully saturated rings. The number of carboxylic acid groups (broad SMARTS) is 1. The molecule has 0 unspecified atom stereocenters. The molecule has 0 radical (unpaired) electrons. The molecule has 0 aliphatic carbocycles. The van der Waals surface area contributed by atoms with Crippen LogP contribution in [0.15, 0.2) is 29.5 Å². The Morgan fingerprint density at radius 1 is 1.30 bits per heavy atom. The van der Waals surface area contributed by atoms with Gasteiger partial charge in [0, 0.05) is 6.20 Å². The molecule has 0 spiro atoms. The monoisotopic (exact) mass is 314 g/mol. The molecule has 3 aromatic heterocycles. The molecule has 0 aromatic carbocycles. The second-order valence-electron chi connectivity index (χ2n) is 4.47. The lowest BCUT2D eigenvalue weighted by atomic mass is 10.3. The highest BCUT2D eigenvalue weighted by atomic mass is 16.4. The number of rotatable bonds is 4. The predicted molar refractivity (Wildman–Crippen MR) is 78.1 cm³/mol. The van der Waals surface area contributed by atoms with Gasteiger partial charge in [-0.1, -0.05) is 0 Å². The summed E-state index contributed by atoms with van der Waals surface area (Å²) in [6.45, 7) is -0.00317. The van der Waals surface area contributed by atoms with Crippen molar-refractivity contribution in [3.8, 4) is 5.75 Å². The maximum Gasteiger partial charge on any atom is 0.358 e. The van der Waals surface area contributed by atoms with E-state index in [0.717, 1.165) is 0 Å². The molecule has 0 aliphatic heterocycles. The maximum absolute atomic E-state index is 11.5. The molecule has 23 heavy (non-hydrogen) atoms. The summed E-state index contributed by atoms with van der Waals surface area (Å²) in [6.07, 6.45) is 2.92. The first kappa shape index (κ1) is 14.4. The average Bonchev–Trinajstić information content (AvgIpc) is 2.55. The number of hydrogen-bond donors (Lipinski definition) is 4. The van der Waals surface area contributed by atoms with E-state index in [1.807, 2.05) is 0 Å². The lowest BCUT2D eigenvalue weighted by molar-refractivity contribution is 0.0686. The van der Waals surface area contributed by atoms with Gasteiger partial charge < -0.3 is 20.5 Å². The maximum atomic E-state index is 11.5. The highest BCUT2D eigenvalue weighted by Crippen LogP contribution is 2.17. The topological polar surface area (TPSA) is 154 Å². The third-order valence-corrected chi connectivity index (χ3v) is 2.98. The van der Waals surface area contributed by atoms with Crippen molar-refractivity contribution >= 4 is 22.8 Å². The Labute approximate surface area is 127 Å². The number of aromatic hydroxyl groups is 1. The Bertz CT molecular complexity index is 949. The van der Waals surface area contributed by atoms with Gasteiger partial charge in [-0.2, -0.15) is 0 Å². The number of H-pyrrole nitrogens is 1. The largest absolute Gasteiger partial charge is 0.501 e. The number of carbonyl (C=O) groups is 1. The molecule has 10 nitrogen and oxygen atoms in total. The summed E-state index contributed by atoms with van der Waals surface area (Å²) in [5, 5.41) is 21.9. The Morgan fingerprint density at radius 2 is 2.13 bits per heavy atom. The molecular weight excluding hydrogens is 304 g/mol. The number of anilines is 1. The van der Waals surface area contributed by atoms with Gasteiger partial charge in [0.2, 0.25) is 5.75 Å². The number of aromatic carboxylic acids is 1. The van der Waals surface area contributed by atoms with Gasteiger partial charge in [0.1, 0.15) is 18.0 Å². The van der Waals surface area contributed by atoms with Gasteiger partial charge in [0.25, 0.3) is 5.56 Å². The van der Waals surface area contributed by atoms with Crippen LogP contribution in [0.5, 0.6) is 5.75 Å². The second kappa shape index (κ2) is 5.67. The number of fused-ring (bicyclic) bond motifs is 1. The molecule has 3 rings (SSSR count). The van der Waals surface area contributed by atoms with Gasteiger partial charge in [-0.15, -0.1) is 0 Å². The van der Waals surface area contributed by atoms with E-state index in [9.17, 15) is 14.7 Å². The van der Waals surface area contributed by atoms with E-state index in [1.54, 1.807) is 18.3 Å². The summed E-state index contributed by atoms with van der Waals surface area (Å²) in [5.41, 5.74) is -1.15. The summed E-state index contributed by atoms with van der Waals surface area (Å²) in [6, 6.07) is 3.49. The van der Waals surface area contributed by atoms with Gasteiger partial charge in [0.05, 0.1) is 11.9 Å². The average molecular weight is 314 g/mol. The van der Waals surface area contributed by atoms with E-state index in [1.165, 1.54) is 6.33 Å². The summed E-state index contributed by atoms with van der Waals surface area (Å²) in [5.74, 6) is -1.93. The van der Waals surface area contributed by atoms with Gasteiger partial charge in [-0.3, -0.25) is 4.79 Å². The zero-order valence-corrected chi connectivity index (χ0v) is 11.5. The molecule has 0 bridgehead atoms. The first-order chi connectivity index (χ1) is 11.1. The number of aromatic nitrogens is 5. The van der Waals surface area contributed by atoms with Crippen LogP contribution in [0.25, 0.3) is 11.0 Å². The van der Waals surface area contributed by atoms with Crippen LogP contribution in [0, 0.1) is 0 Å². The third kappa shape index (κ3) is 2.77. The van der Waals surface area contributed by atoms with Crippen molar-refractivity contribution in [3.63, 3.8) is 0 Å². The first-order valence-electron chi connectivity index (χ1n) is 6.41. The fraction of sp³-hybridized carbons (Fsp3) is 0.0769. The van der Waals surface area contributed by atoms with Gasteiger partial charge in [-0.25, -0.2) is 24.7 Å². The fourth-order valence-electron chi connectivity index (χ4n) is 1.95. The molecule has 10 heteroatoms. The normalized spacial score (nSPS) is 10.6. The Kier molecular flexibility index (Phi) is 3.55. The van der Waals surface area contributed by atoms with E-state index >= 15 is 0 Å². The van der Waals surface area contributed by atoms with Crippen molar-refractivity contribution < 1.29 is 15.0 Å². The van der Waals surface area contributed by atoms with Gasteiger partial charge in [-0.05, 0) is 12.1 Å². The summed E-state index contributed by atoms with van der Waals surface area (Å²) in [7, 11) is 0. The number of pyridine rings is 1. The van der Waals surface area contributed by atoms with Crippen molar-refractivity contribution in [2.45, 2.75) is 6.54 Å². The van der Waals surface area contributed by atoms with Crippen LogP contribution in [0.4, 0.5) is 5.82 Å². The zero-order valence-electron chi connectivity index (χ0n) is 11.5. The van der Waals surface area contributed by atoms with Crippen LogP contribution in [0.3, 0.4) is 0 Å². The van der Waals surface area contributed by atoms with Crippen molar-refractivity contribution in [2.24, 2.45) is 0 Å². The highest BCUT2D eigenvalue weighted by Gasteiger charge is 2.16. The molecule has 0 amide bonds. The zero-order chi connectivity index (χ0) is 16.4. The summed E-state index contributed by atoms with van der Waals surface area (Å²) >= 11 is 0. The minimum absolute atomic E-state index is 0.00317. The van der Waals surface area contributed by atoms with E-state index in [4.69, 9.17) is 5.11 Å². The molecule has 116 valence electrons. The van der Waals surface area contributed by atoms with Crippen molar-refractivity contribution in [2.75, 3.05) is 5.32 Å². The van der Waals surface area contributed by atoms with E-state index in [2.05, 4.69) is 30.2 Å². The number of hydrogen-bond acceptors (Lipinski definition) is 8. The first-order valence-corrected chi connectivity index (χ1v) is 6.41. The quantitative estimate of drug-likeness (QED) is 0.525. The smallest absolute Gasteiger partial charge is 0.358 e. The van der Waals surface area contributed by atoms with Gasteiger partial charge >= 0.3 is 5.97 Å². The number of carboxylic acids is 1. The number of aromatic amines is 1. The standard InChI is InChI=1S/C13H10N6O4/c20-9-8(13(22)23)18-7(19-12(9)21)4-15-11-6-2-1-3-14-10(6)16-5-17-11/h1-3,5,20H,4H2,(H,22,23)(H,18,19,21)(H,14,15,16,17). The van der Waals surface area contributed by atoms with Crippen LogP contribution in [0.2, 0.25) is 0 Å². The Morgan fingerprint density at radius 3 is 2.91 bits per heavy atom. The molecule has 3 aromatic rings. The third-order valence-electron chi connectivity index (χ3n) is 2.98. The van der Waals surface area contributed by atoms with E-state index < -0.39 is 23.0 Å². The minimum Gasteiger partial charge on any atom is -0.501 e. The highest BCUT2D eigenvalue weighted by molar-refractivity contribution is 5.88. The lowest BCUT2D eigenvalue weighted by Crippen LogP contribution is -2.19. The SMILES string of the molecule is O=C(O)c1nc(CNc2ncnc3ncccc23)[nH]c(=O)c1O. The predicted octanol–water partition coefficient (Wildman–Crippen LogP) is 0.124. The molecule has 4 N–H and O–H groups in total. The summed E-state index contributed by atoms with van der Waals surface area (Å²) in [4.78, 5) is 40.6. The second-order valence-corrected chi connectivity index (χ2v) is 4.47. The van der Waals surface area contributed by atoms with Crippen LogP contribution in [0.1, 0.15) is 16.3 Å². The number of nitrogens with one attached hydrogen (secondary N) is 2. The fourth-order valence-corrected chi connectivity index (χ4v) is 1.95. The molecular formula is C13H10N6O4. The molecule has 0 saturated carbocycles. The van der Waals surface area contributed by atoms with Gasteiger partial charge in [0.15, 0.2) is 11.3 Å². The van der Waals surface area contributed by atoms with Crippen molar-refractivity contribution in [3.05, 3.63) is 46.5 Å². The number of nitrogens with zero attached hydrogens (tertiary/aromatic N) is 4. The summed E-state index contributed by atoms with van der Waals surface area (Å²) < 4.78 is 0. The molecule has 0 saturated heterocycles. The van der Waals surface area contributed by atoms with Crippen molar-refractivity contribution in [1.29, 1.82) is 0 Å². The Hall–Kier alpha value is -3.56. The minimum atomic E-state index is -1.49. The molecule has 3 heterocycles. The van der Waals surface area contributed by atoms with Crippen molar-refractivity contribution in [1.82, 2.24) is 24.9 Å². The van der Waals surface area contributed by atoms with Crippen LogP contribution >= 0.6 is 0 Å². The Balaban J connectivity index is 1.91. The van der Waals surface area contributed by atoms with E-state index in [-0.39, 0.29) is 12.4 Å². The lowest BCUT2D eigenvalue weighted by Gasteiger charge is -2.08. The van der Waals surface area contributed by atoms with Crippen LogP contribution < -0.4 is 10.9 Å². The van der Waals surface area contributed by atoms with E-state index in [0.29, 0.717) is 16.9 Å². The molecule has 0 aliphatic rings. The van der Waals surface area contributed by atoms with Crippen LogP contribution in [-0.4, -0.2) is 41.1 Å². The van der Waals surface area contributed by atoms with Crippen LogP contribution in [-0.2, 0) is 6.54 Å².